The zero-order valence-corrected chi connectivity index (χ0v) is 13.4. The summed E-state index contributed by atoms with van der Waals surface area (Å²) in [5, 5.41) is 2.95. The average Bonchev–Trinajstić information content (AvgIpc) is 2.48. The maximum absolute atomic E-state index is 12.8. The molecule has 1 aromatic rings. The van der Waals surface area contributed by atoms with Crippen molar-refractivity contribution >= 4 is 27.7 Å². The zero-order chi connectivity index (χ0) is 14.9. The Hall–Kier alpha value is -1.43. The molecular weight excluding hydrogens is 334 g/mol. The fourth-order valence-corrected chi connectivity index (χ4v) is 3.46. The van der Waals surface area contributed by atoms with E-state index in [1.165, 1.54) is 0 Å². The molecule has 0 aromatic carbocycles. The Morgan fingerprint density at radius 2 is 2.00 bits per heavy atom. The molecule has 2 heterocycles. The second kappa shape index (κ2) is 5.75. The Labute approximate surface area is 132 Å². The molecule has 1 aromatic heterocycles. The van der Waals surface area contributed by atoms with Crippen molar-refractivity contribution < 1.29 is 9.59 Å². The first-order valence-corrected chi connectivity index (χ1v) is 8.09. The number of amides is 2. The van der Waals surface area contributed by atoms with Gasteiger partial charge in [-0.3, -0.25) is 14.6 Å². The van der Waals surface area contributed by atoms with Crippen LogP contribution < -0.4 is 5.32 Å². The molecule has 0 bridgehead atoms. The van der Waals surface area contributed by atoms with E-state index in [0.29, 0.717) is 6.54 Å². The molecule has 0 radical (unpaired) electrons. The van der Waals surface area contributed by atoms with Crippen LogP contribution in [0, 0.1) is 0 Å². The molecule has 1 N–H and O–H groups in total. The molecule has 3 rings (SSSR count). The van der Waals surface area contributed by atoms with Crippen LogP contribution in [0.3, 0.4) is 0 Å². The summed E-state index contributed by atoms with van der Waals surface area (Å²) in [5.41, 5.74) is 0.135. The Morgan fingerprint density at radius 3 is 2.67 bits per heavy atom. The highest BCUT2D eigenvalue weighted by atomic mass is 79.9. The minimum Gasteiger partial charge on any atom is -0.340 e. The molecule has 6 heteroatoms. The second-order valence-electron chi connectivity index (χ2n) is 5.82. The number of halogens is 1. The molecular formula is C15H18BrN3O2. The van der Waals surface area contributed by atoms with Gasteiger partial charge in [0, 0.05) is 10.7 Å². The van der Waals surface area contributed by atoms with Crippen LogP contribution >= 0.6 is 15.9 Å². The van der Waals surface area contributed by atoms with E-state index in [2.05, 4.69) is 26.2 Å². The molecule has 2 aliphatic rings. The van der Waals surface area contributed by atoms with Crippen molar-refractivity contribution in [2.24, 2.45) is 0 Å². The maximum Gasteiger partial charge on any atom is 0.249 e. The lowest BCUT2D eigenvalue weighted by Crippen LogP contribution is -2.66. The quantitative estimate of drug-likeness (QED) is 0.886. The van der Waals surface area contributed by atoms with Gasteiger partial charge in [-0.1, -0.05) is 19.3 Å². The van der Waals surface area contributed by atoms with Crippen LogP contribution in [-0.2, 0) is 16.1 Å². The molecule has 0 unspecified atom stereocenters. The predicted octanol–water partition coefficient (Wildman–Crippen LogP) is 2.01. The summed E-state index contributed by atoms with van der Waals surface area (Å²) in [6, 6.07) is 3.77. The van der Waals surface area contributed by atoms with Crippen molar-refractivity contribution in [2.75, 3.05) is 6.54 Å². The largest absolute Gasteiger partial charge is 0.340 e. The lowest BCUT2D eigenvalue weighted by Gasteiger charge is -2.44. The van der Waals surface area contributed by atoms with E-state index >= 15 is 0 Å². The van der Waals surface area contributed by atoms with Crippen molar-refractivity contribution in [3.63, 3.8) is 0 Å². The van der Waals surface area contributed by atoms with Gasteiger partial charge in [0.25, 0.3) is 0 Å². The van der Waals surface area contributed by atoms with Crippen LogP contribution in [-0.4, -0.2) is 33.8 Å². The van der Waals surface area contributed by atoms with E-state index in [4.69, 9.17) is 0 Å². The summed E-state index contributed by atoms with van der Waals surface area (Å²) >= 11 is 3.34. The zero-order valence-electron chi connectivity index (χ0n) is 11.8. The van der Waals surface area contributed by atoms with Gasteiger partial charge >= 0.3 is 0 Å². The van der Waals surface area contributed by atoms with Crippen LogP contribution in [0.4, 0.5) is 0 Å². The highest BCUT2D eigenvalue weighted by Gasteiger charge is 2.46. The van der Waals surface area contributed by atoms with Crippen molar-refractivity contribution in [1.29, 1.82) is 0 Å². The van der Waals surface area contributed by atoms with Crippen LogP contribution in [0.1, 0.15) is 37.8 Å². The standard InChI is InChI=1S/C15H18BrN3O2/c16-11-4-5-12(17-8-11)9-19-10-13(20)18-15(14(19)21)6-2-1-3-7-15/h4-5,8H,1-3,6-7,9-10H2,(H,18,20). The summed E-state index contributed by atoms with van der Waals surface area (Å²) in [4.78, 5) is 30.7. The molecule has 1 aliphatic heterocycles. The van der Waals surface area contributed by atoms with Crippen LogP contribution in [0.2, 0.25) is 0 Å². The minimum absolute atomic E-state index is 0.0477. The number of carbonyl (C=O) groups excluding carboxylic acids is 2. The van der Waals surface area contributed by atoms with Gasteiger partial charge in [0.15, 0.2) is 0 Å². The van der Waals surface area contributed by atoms with Crippen LogP contribution in [0.15, 0.2) is 22.8 Å². The van der Waals surface area contributed by atoms with Gasteiger partial charge in [-0.25, -0.2) is 0 Å². The molecule has 112 valence electrons. The normalized spacial score (nSPS) is 21.5. The van der Waals surface area contributed by atoms with E-state index in [1.54, 1.807) is 11.1 Å². The highest BCUT2D eigenvalue weighted by Crippen LogP contribution is 2.32. The molecule has 1 saturated carbocycles. The molecule has 1 spiro atoms. The number of nitrogens with zero attached hydrogens (tertiary/aromatic N) is 2. The van der Waals surface area contributed by atoms with Crippen molar-refractivity contribution in [3.05, 3.63) is 28.5 Å². The van der Waals surface area contributed by atoms with Gasteiger partial charge in [-0.2, -0.15) is 0 Å². The Balaban J connectivity index is 1.79. The number of piperazine rings is 1. The molecule has 0 atom stereocenters. The number of carbonyl (C=O) groups is 2. The van der Waals surface area contributed by atoms with Gasteiger partial charge in [-0.05, 0) is 40.9 Å². The van der Waals surface area contributed by atoms with Crippen molar-refractivity contribution in [3.8, 4) is 0 Å². The van der Waals surface area contributed by atoms with E-state index in [0.717, 1.165) is 42.3 Å². The van der Waals surface area contributed by atoms with E-state index in [9.17, 15) is 9.59 Å². The maximum atomic E-state index is 12.8. The lowest BCUT2D eigenvalue weighted by atomic mass is 9.79. The number of hydrogen-bond acceptors (Lipinski definition) is 3. The third-order valence-corrected chi connectivity index (χ3v) is 4.73. The first-order chi connectivity index (χ1) is 10.1. The molecule has 21 heavy (non-hydrogen) atoms. The van der Waals surface area contributed by atoms with Crippen LogP contribution in [0.25, 0.3) is 0 Å². The summed E-state index contributed by atoms with van der Waals surface area (Å²) in [7, 11) is 0. The Bertz CT molecular complexity index is 553. The third-order valence-electron chi connectivity index (χ3n) is 4.26. The second-order valence-corrected chi connectivity index (χ2v) is 6.74. The monoisotopic (exact) mass is 351 g/mol. The third kappa shape index (κ3) is 2.95. The molecule has 1 aliphatic carbocycles. The molecule has 2 amide bonds. The van der Waals surface area contributed by atoms with Gasteiger partial charge < -0.3 is 10.2 Å². The number of nitrogens with one attached hydrogen (secondary N) is 1. The van der Waals surface area contributed by atoms with Crippen molar-refractivity contribution in [1.82, 2.24) is 15.2 Å². The van der Waals surface area contributed by atoms with Gasteiger partial charge in [0.05, 0.1) is 12.2 Å². The summed E-state index contributed by atoms with van der Waals surface area (Å²) < 4.78 is 0.901. The fourth-order valence-electron chi connectivity index (χ4n) is 3.23. The number of hydrogen-bond donors (Lipinski definition) is 1. The predicted molar refractivity (Wildman–Crippen MR) is 81.3 cm³/mol. The first kappa shape index (κ1) is 14.5. The summed E-state index contributed by atoms with van der Waals surface area (Å²) in [5.74, 6) is -0.0138. The fraction of sp³-hybridized carbons (Fsp3) is 0.533. The highest BCUT2D eigenvalue weighted by molar-refractivity contribution is 9.10. The SMILES string of the molecule is O=C1CN(Cc2ccc(Br)cn2)C(=O)C2(CCCCC2)N1. The van der Waals surface area contributed by atoms with Gasteiger partial charge in [-0.15, -0.1) is 0 Å². The molecule has 5 nitrogen and oxygen atoms in total. The van der Waals surface area contributed by atoms with Crippen molar-refractivity contribution in [2.45, 2.75) is 44.2 Å². The van der Waals surface area contributed by atoms with E-state index < -0.39 is 5.54 Å². The minimum atomic E-state index is -0.664. The smallest absolute Gasteiger partial charge is 0.249 e. The molecule has 2 fully saturated rings. The van der Waals surface area contributed by atoms with E-state index in [-0.39, 0.29) is 18.4 Å². The molecule has 1 saturated heterocycles. The number of pyridine rings is 1. The summed E-state index contributed by atoms with van der Waals surface area (Å²) in [6.07, 6.45) is 6.34. The lowest BCUT2D eigenvalue weighted by molar-refractivity contribution is -0.152. The van der Waals surface area contributed by atoms with Gasteiger partial charge in [0.2, 0.25) is 11.8 Å². The van der Waals surface area contributed by atoms with Gasteiger partial charge in [0.1, 0.15) is 12.1 Å². The topological polar surface area (TPSA) is 62.3 Å². The first-order valence-electron chi connectivity index (χ1n) is 7.30. The average molecular weight is 352 g/mol. The van der Waals surface area contributed by atoms with E-state index in [1.807, 2.05) is 12.1 Å². The number of aromatic nitrogens is 1. The Kier molecular flexibility index (Phi) is 3.97. The summed E-state index contributed by atoms with van der Waals surface area (Å²) in [6.45, 7) is 0.514. The van der Waals surface area contributed by atoms with Crippen LogP contribution in [0.5, 0.6) is 0 Å². The number of rotatable bonds is 2. The Morgan fingerprint density at radius 1 is 1.24 bits per heavy atom.